The van der Waals surface area contributed by atoms with Crippen LogP contribution in [0.4, 0.5) is 5.69 Å². The molecule has 4 amide bonds. The average molecular weight is 421 g/mol. The number of benzene rings is 2. The second kappa shape index (κ2) is 8.34. The fourth-order valence-corrected chi connectivity index (χ4v) is 3.71. The predicted molar refractivity (Wildman–Crippen MR) is 118 cm³/mol. The molecule has 0 aliphatic carbocycles. The van der Waals surface area contributed by atoms with Crippen LogP contribution in [0.5, 0.6) is 0 Å². The first-order chi connectivity index (χ1) is 14.6. The quantitative estimate of drug-likeness (QED) is 0.726. The van der Waals surface area contributed by atoms with Gasteiger partial charge in [-0.15, -0.1) is 0 Å². The summed E-state index contributed by atoms with van der Waals surface area (Å²) in [4.78, 5) is 53.7. The molecule has 7 nitrogen and oxygen atoms in total. The largest absolute Gasteiger partial charge is 0.330 e. The number of carbonyl (C=O) groups excluding carboxylic acids is 4. The Morgan fingerprint density at radius 1 is 0.968 bits per heavy atom. The number of anilines is 1. The van der Waals surface area contributed by atoms with E-state index in [0.29, 0.717) is 12.1 Å². The van der Waals surface area contributed by atoms with Gasteiger partial charge < -0.3 is 10.2 Å². The Hall–Kier alpha value is -3.48. The maximum Gasteiger partial charge on any atom is 0.262 e. The van der Waals surface area contributed by atoms with E-state index >= 15 is 0 Å². The number of imide groups is 1. The van der Waals surface area contributed by atoms with Crippen molar-refractivity contribution in [2.24, 2.45) is 0 Å². The van der Waals surface area contributed by atoms with E-state index in [-0.39, 0.29) is 17.0 Å². The summed E-state index contributed by atoms with van der Waals surface area (Å²) >= 11 is 0. The van der Waals surface area contributed by atoms with E-state index in [2.05, 4.69) is 5.32 Å². The molecule has 1 heterocycles. The van der Waals surface area contributed by atoms with Crippen LogP contribution in [0.3, 0.4) is 0 Å². The highest BCUT2D eigenvalue weighted by Crippen LogP contribution is 2.26. The summed E-state index contributed by atoms with van der Waals surface area (Å²) in [6, 6.07) is 12.2. The first-order valence-electron chi connectivity index (χ1n) is 10.2. The van der Waals surface area contributed by atoms with Crippen molar-refractivity contribution in [3.8, 4) is 0 Å². The van der Waals surface area contributed by atoms with Crippen molar-refractivity contribution in [1.29, 1.82) is 0 Å². The summed E-state index contributed by atoms with van der Waals surface area (Å²) in [5.74, 6) is -1.82. The van der Waals surface area contributed by atoms with E-state index in [4.69, 9.17) is 0 Å². The summed E-state index contributed by atoms with van der Waals surface area (Å²) in [6.45, 7) is 6.88. The molecule has 0 saturated carbocycles. The molecule has 3 rings (SSSR count). The lowest BCUT2D eigenvalue weighted by Crippen LogP contribution is -2.57. The van der Waals surface area contributed by atoms with Crippen LogP contribution >= 0.6 is 0 Å². The Morgan fingerprint density at radius 2 is 1.48 bits per heavy atom. The van der Waals surface area contributed by atoms with Gasteiger partial charge in [-0.2, -0.15) is 0 Å². The minimum absolute atomic E-state index is 0.286. The van der Waals surface area contributed by atoms with Gasteiger partial charge in [0.05, 0.1) is 11.1 Å². The second-order valence-electron chi connectivity index (χ2n) is 8.04. The molecule has 1 aliphatic heterocycles. The summed E-state index contributed by atoms with van der Waals surface area (Å²) in [6.07, 6.45) is 0.355. The van der Waals surface area contributed by atoms with Crippen molar-refractivity contribution in [2.45, 2.75) is 39.7 Å². The van der Waals surface area contributed by atoms with Crippen molar-refractivity contribution in [1.82, 2.24) is 9.80 Å². The first kappa shape index (κ1) is 22.2. The number of aryl methyl sites for hydroxylation is 2. The molecule has 0 spiro atoms. The van der Waals surface area contributed by atoms with E-state index in [1.54, 1.807) is 31.2 Å². The van der Waals surface area contributed by atoms with Gasteiger partial charge in [0.1, 0.15) is 12.1 Å². The third kappa shape index (κ3) is 3.83. The number of nitrogens with one attached hydrogen (secondary N) is 1. The van der Waals surface area contributed by atoms with E-state index in [9.17, 15) is 19.2 Å². The SMILES string of the molecule is CC[C@@](C)(C(=O)Nc1c(C)cccc1C)N(C)C(=O)CN1C(=O)c2ccccc2C1=O. The summed E-state index contributed by atoms with van der Waals surface area (Å²) in [7, 11) is 1.52. The number of fused-ring (bicyclic) bond motifs is 1. The van der Waals surface area contributed by atoms with Crippen molar-refractivity contribution < 1.29 is 19.2 Å². The van der Waals surface area contributed by atoms with Gasteiger partial charge in [-0.1, -0.05) is 37.3 Å². The molecule has 2 aromatic rings. The molecule has 31 heavy (non-hydrogen) atoms. The van der Waals surface area contributed by atoms with E-state index in [0.717, 1.165) is 16.0 Å². The molecule has 1 atom stereocenters. The van der Waals surface area contributed by atoms with E-state index < -0.39 is 29.8 Å². The lowest BCUT2D eigenvalue weighted by molar-refractivity contribution is -0.143. The van der Waals surface area contributed by atoms with E-state index in [1.165, 1.54) is 11.9 Å². The van der Waals surface area contributed by atoms with Gasteiger partial charge in [0.25, 0.3) is 11.8 Å². The van der Waals surface area contributed by atoms with Crippen molar-refractivity contribution in [2.75, 3.05) is 18.9 Å². The maximum atomic E-state index is 13.2. The number of likely N-dealkylation sites (N-methyl/N-ethyl adjacent to an activating group) is 1. The Balaban J connectivity index is 1.79. The first-order valence-corrected chi connectivity index (χ1v) is 10.2. The van der Waals surface area contributed by atoms with E-state index in [1.807, 2.05) is 39.0 Å². The zero-order chi connectivity index (χ0) is 22.9. The van der Waals surface area contributed by atoms with Gasteiger partial charge >= 0.3 is 0 Å². The van der Waals surface area contributed by atoms with Crippen LogP contribution < -0.4 is 5.32 Å². The summed E-state index contributed by atoms with van der Waals surface area (Å²) < 4.78 is 0. The van der Waals surface area contributed by atoms with Crippen molar-refractivity contribution in [3.63, 3.8) is 0 Å². The van der Waals surface area contributed by atoms with Gasteiger partial charge in [-0.25, -0.2) is 0 Å². The Morgan fingerprint density at radius 3 is 1.97 bits per heavy atom. The second-order valence-corrected chi connectivity index (χ2v) is 8.04. The van der Waals surface area contributed by atoms with Crippen LogP contribution in [0.15, 0.2) is 42.5 Å². The molecule has 0 unspecified atom stereocenters. The zero-order valence-electron chi connectivity index (χ0n) is 18.5. The fourth-order valence-electron chi connectivity index (χ4n) is 3.71. The normalized spacial score (nSPS) is 14.8. The standard InChI is InChI=1S/C24H27N3O4/c1-6-24(4,23(31)25-20-15(2)10-9-11-16(20)3)26(5)19(28)14-27-21(29)17-12-7-8-13-18(17)22(27)30/h7-13H,6,14H2,1-5H3,(H,25,31)/t24-/m0/s1. The number of amides is 4. The number of carbonyl (C=O) groups is 4. The zero-order valence-corrected chi connectivity index (χ0v) is 18.5. The van der Waals surface area contributed by atoms with Crippen LogP contribution in [0, 0.1) is 13.8 Å². The van der Waals surface area contributed by atoms with Gasteiger partial charge in [0.15, 0.2) is 0 Å². The number of hydrogen-bond donors (Lipinski definition) is 1. The monoisotopic (exact) mass is 421 g/mol. The smallest absolute Gasteiger partial charge is 0.262 e. The summed E-state index contributed by atoms with van der Waals surface area (Å²) in [5.41, 5.74) is 1.97. The molecule has 2 aromatic carbocycles. The highest BCUT2D eigenvalue weighted by molar-refractivity contribution is 6.22. The maximum absolute atomic E-state index is 13.2. The molecule has 0 radical (unpaired) electrons. The molecule has 0 saturated heterocycles. The Labute approximate surface area is 182 Å². The number of para-hydroxylation sites is 1. The molecular formula is C24H27N3O4. The van der Waals surface area contributed by atoms with Crippen molar-refractivity contribution >= 4 is 29.3 Å². The molecular weight excluding hydrogens is 394 g/mol. The summed E-state index contributed by atoms with van der Waals surface area (Å²) in [5, 5.41) is 2.95. The molecule has 1 aliphatic rings. The number of rotatable bonds is 6. The van der Waals surface area contributed by atoms with Crippen LogP contribution in [-0.2, 0) is 9.59 Å². The molecule has 0 bridgehead atoms. The molecule has 1 N–H and O–H groups in total. The molecule has 7 heteroatoms. The lowest BCUT2D eigenvalue weighted by Gasteiger charge is -2.37. The number of hydrogen-bond acceptors (Lipinski definition) is 4. The average Bonchev–Trinajstić information content (AvgIpc) is 3.00. The minimum Gasteiger partial charge on any atom is -0.330 e. The minimum atomic E-state index is -1.16. The Kier molecular flexibility index (Phi) is 5.97. The number of nitrogens with zero attached hydrogens (tertiary/aromatic N) is 2. The molecule has 0 aromatic heterocycles. The molecule has 0 fully saturated rings. The highest BCUT2D eigenvalue weighted by atomic mass is 16.2. The van der Waals surface area contributed by atoms with Gasteiger partial charge in [0, 0.05) is 12.7 Å². The fraction of sp³-hybridized carbons (Fsp3) is 0.333. The third-order valence-electron chi connectivity index (χ3n) is 6.18. The lowest BCUT2D eigenvalue weighted by atomic mass is 9.94. The third-order valence-corrected chi connectivity index (χ3v) is 6.18. The van der Waals surface area contributed by atoms with Gasteiger partial charge in [0.2, 0.25) is 11.8 Å². The van der Waals surface area contributed by atoms with Gasteiger partial charge in [-0.05, 0) is 50.5 Å². The highest BCUT2D eigenvalue weighted by Gasteiger charge is 2.42. The van der Waals surface area contributed by atoms with Crippen LogP contribution in [0.2, 0.25) is 0 Å². The van der Waals surface area contributed by atoms with Crippen LogP contribution in [0.1, 0.15) is 52.1 Å². The van der Waals surface area contributed by atoms with Crippen LogP contribution in [-0.4, -0.2) is 52.6 Å². The predicted octanol–water partition coefficient (Wildman–Crippen LogP) is 3.17. The molecule has 162 valence electrons. The van der Waals surface area contributed by atoms with Crippen molar-refractivity contribution in [3.05, 3.63) is 64.7 Å². The van der Waals surface area contributed by atoms with Crippen LogP contribution in [0.25, 0.3) is 0 Å². The Bertz CT molecular complexity index is 1020. The topological polar surface area (TPSA) is 86.8 Å². The van der Waals surface area contributed by atoms with Gasteiger partial charge in [-0.3, -0.25) is 24.1 Å².